The molecule has 0 radical (unpaired) electrons. The van der Waals surface area contributed by atoms with E-state index in [1.165, 1.54) is 5.56 Å². The summed E-state index contributed by atoms with van der Waals surface area (Å²) in [4.78, 5) is 23.8. The first-order chi connectivity index (χ1) is 14.3. The van der Waals surface area contributed by atoms with Gasteiger partial charge in [0.25, 0.3) is 0 Å². The highest BCUT2D eigenvalue weighted by atomic mass is 35.5. The van der Waals surface area contributed by atoms with E-state index in [-0.39, 0.29) is 36.8 Å². The Morgan fingerprint density at radius 2 is 1.74 bits per heavy atom. The molecule has 3 heterocycles. The van der Waals surface area contributed by atoms with Gasteiger partial charge in [-0.2, -0.15) is 0 Å². The third-order valence-electron chi connectivity index (χ3n) is 5.69. The molecule has 1 saturated heterocycles. The molecule has 0 aliphatic carbocycles. The van der Waals surface area contributed by atoms with Crippen molar-refractivity contribution in [2.24, 2.45) is 0 Å². The molecule has 1 atom stereocenters. The SMILES string of the molecule is CNC(C(=O)N1CCC(c2nccn2Cc2ccncc2)CC1)c1ccccc1.Cl.Cl. The molecular formula is C23H29Cl2N5O. The quantitative estimate of drug-likeness (QED) is 0.605. The number of nitrogens with zero attached hydrogens (tertiary/aromatic N) is 4. The fourth-order valence-corrected chi connectivity index (χ4v) is 4.12. The van der Waals surface area contributed by atoms with Crippen LogP contribution in [0, 0.1) is 0 Å². The lowest BCUT2D eigenvalue weighted by atomic mass is 9.94. The van der Waals surface area contributed by atoms with E-state index >= 15 is 0 Å². The minimum atomic E-state index is -0.290. The number of carbonyl (C=O) groups is 1. The second-order valence-corrected chi connectivity index (χ2v) is 7.50. The van der Waals surface area contributed by atoms with Crippen LogP contribution in [0.5, 0.6) is 0 Å². The van der Waals surface area contributed by atoms with E-state index in [4.69, 9.17) is 0 Å². The molecule has 8 heteroatoms. The minimum absolute atomic E-state index is 0. The number of halogens is 2. The third kappa shape index (κ3) is 5.85. The molecule has 1 fully saturated rings. The highest BCUT2D eigenvalue weighted by Crippen LogP contribution is 2.29. The van der Waals surface area contributed by atoms with Crippen LogP contribution in [0.2, 0.25) is 0 Å². The zero-order valence-electron chi connectivity index (χ0n) is 17.6. The standard InChI is InChI=1S/C23H27N5O.2ClH/c1-24-21(19-5-3-2-4-6-19)23(29)27-14-9-20(10-15-27)22-26-13-16-28(22)17-18-7-11-25-12-8-18;;/h2-8,11-13,16,20-21,24H,9-10,14-15,17H2,1H3;2*1H. The topological polar surface area (TPSA) is 63.1 Å². The predicted molar refractivity (Wildman–Crippen MR) is 127 cm³/mol. The van der Waals surface area contributed by atoms with Gasteiger partial charge in [0.1, 0.15) is 11.9 Å². The number of benzene rings is 1. The fourth-order valence-electron chi connectivity index (χ4n) is 4.12. The van der Waals surface area contributed by atoms with E-state index in [1.54, 1.807) is 0 Å². The van der Waals surface area contributed by atoms with E-state index in [1.807, 2.05) is 79.2 Å². The van der Waals surface area contributed by atoms with Gasteiger partial charge in [-0.25, -0.2) is 4.98 Å². The summed E-state index contributed by atoms with van der Waals surface area (Å²) >= 11 is 0. The maximum absolute atomic E-state index is 13.1. The molecule has 1 unspecified atom stereocenters. The first kappa shape index (κ1) is 24.9. The summed E-state index contributed by atoms with van der Waals surface area (Å²) in [5, 5.41) is 3.18. The summed E-state index contributed by atoms with van der Waals surface area (Å²) in [6, 6.07) is 13.7. The number of likely N-dealkylation sites (tertiary alicyclic amines) is 1. The van der Waals surface area contributed by atoms with Gasteiger partial charge in [0, 0.05) is 50.3 Å². The summed E-state index contributed by atoms with van der Waals surface area (Å²) in [7, 11) is 1.85. The average molecular weight is 462 g/mol. The summed E-state index contributed by atoms with van der Waals surface area (Å²) in [6.45, 7) is 2.32. The Kier molecular flexibility index (Phi) is 9.49. The number of aromatic nitrogens is 3. The van der Waals surface area contributed by atoms with Crippen molar-refractivity contribution in [2.45, 2.75) is 31.3 Å². The summed E-state index contributed by atoms with van der Waals surface area (Å²) in [5.41, 5.74) is 2.22. The van der Waals surface area contributed by atoms with Crippen LogP contribution in [-0.2, 0) is 11.3 Å². The zero-order valence-corrected chi connectivity index (χ0v) is 19.2. The van der Waals surface area contributed by atoms with Crippen molar-refractivity contribution in [3.05, 3.63) is 84.2 Å². The van der Waals surface area contributed by atoms with Crippen molar-refractivity contribution in [2.75, 3.05) is 20.1 Å². The maximum atomic E-state index is 13.1. The summed E-state index contributed by atoms with van der Waals surface area (Å²) in [6.07, 6.45) is 9.43. The Bertz CT molecular complexity index is 927. The Hall–Kier alpha value is -2.41. The van der Waals surface area contributed by atoms with Crippen molar-refractivity contribution in [3.63, 3.8) is 0 Å². The Morgan fingerprint density at radius 3 is 2.39 bits per heavy atom. The van der Waals surface area contributed by atoms with Gasteiger partial charge in [0.05, 0.1) is 0 Å². The Balaban J connectivity index is 0.00000171. The Labute approximate surface area is 195 Å². The molecular weight excluding hydrogens is 433 g/mol. The number of imidazole rings is 1. The van der Waals surface area contributed by atoms with E-state index in [2.05, 4.69) is 19.9 Å². The van der Waals surface area contributed by atoms with E-state index in [9.17, 15) is 4.79 Å². The lowest BCUT2D eigenvalue weighted by molar-refractivity contribution is -0.134. The molecule has 0 saturated carbocycles. The molecule has 6 nitrogen and oxygen atoms in total. The van der Waals surface area contributed by atoms with Gasteiger partial charge < -0.3 is 14.8 Å². The monoisotopic (exact) mass is 461 g/mol. The number of nitrogens with one attached hydrogen (secondary N) is 1. The number of carbonyl (C=O) groups excluding carboxylic acids is 1. The van der Waals surface area contributed by atoms with Crippen LogP contribution in [0.3, 0.4) is 0 Å². The van der Waals surface area contributed by atoms with E-state index in [0.717, 1.165) is 43.9 Å². The van der Waals surface area contributed by atoms with Gasteiger partial charge in [0.2, 0.25) is 5.91 Å². The number of amides is 1. The number of hydrogen-bond donors (Lipinski definition) is 1. The van der Waals surface area contributed by atoms with Gasteiger partial charge in [-0.3, -0.25) is 9.78 Å². The third-order valence-corrected chi connectivity index (χ3v) is 5.69. The molecule has 166 valence electrons. The lowest BCUT2D eigenvalue weighted by Crippen LogP contribution is -2.44. The number of rotatable bonds is 6. The largest absolute Gasteiger partial charge is 0.341 e. The first-order valence-corrected chi connectivity index (χ1v) is 10.2. The zero-order chi connectivity index (χ0) is 20.1. The van der Waals surface area contributed by atoms with Crippen LogP contribution in [0.4, 0.5) is 0 Å². The van der Waals surface area contributed by atoms with Gasteiger partial charge >= 0.3 is 0 Å². The van der Waals surface area contributed by atoms with Crippen LogP contribution < -0.4 is 5.32 Å². The molecule has 31 heavy (non-hydrogen) atoms. The van der Waals surface area contributed by atoms with Crippen molar-refractivity contribution < 1.29 is 4.79 Å². The minimum Gasteiger partial charge on any atom is -0.341 e. The van der Waals surface area contributed by atoms with Crippen LogP contribution >= 0.6 is 24.8 Å². The van der Waals surface area contributed by atoms with Crippen LogP contribution in [0.1, 0.15) is 41.8 Å². The van der Waals surface area contributed by atoms with Gasteiger partial charge in [-0.05, 0) is 43.1 Å². The van der Waals surface area contributed by atoms with E-state index in [0.29, 0.717) is 5.92 Å². The van der Waals surface area contributed by atoms with Crippen molar-refractivity contribution in [1.29, 1.82) is 0 Å². The summed E-state index contributed by atoms with van der Waals surface area (Å²) in [5.74, 6) is 1.64. The smallest absolute Gasteiger partial charge is 0.244 e. The lowest BCUT2D eigenvalue weighted by Gasteiger charge is -2.34. The van der Waals surface area contributed by atoms with Crippen molar-refractivity contribution >= 4 is 30.7 Å². The Morgan fingerprint density at radius 1 is 1.06 bits per heavy atom. The second-order valence-electron chi connectivity index (χ2n) is 7.50. The normalized spacial score (nSPS) is 14.9. The van der Waals surface area contributed by atoms with Gasteiger partial charge in [-0.1, -0.05) is 30.3 Å². The van der Waals surface area contributed by atoms with E-state index < -0.39 is 0 Å². The predicted octanol–water partition coefficient (Wildman–Crippen LogP) is 3.84. The molecule has 1 amide bonds. The fraction of sp³-hybridized carbons (Fsp3) is 0.348. The molecule has 1 aliphatic rings. The highest BCUT2D eigenvalue weighted by Gasteiger charge is 2.30. The highest BCUT2D eigenvalue weighted by molar-refractivity contribution is 5.85. The molecule has 4 rings (SSSR count). The van der Waals surface area contributed by atoms with Gasteiger partial charge in [-0.15, -0.1) is 24.8 Å². The molecule has 2 aromatic heterocycles. The van der Waals surface area contributed by atoms with Crippen LogP contribution in [0.15, 0.2) is 67.3 Å². The molecule has 1 aromatic carbocycles. The molecule has 1 N–H and O–H groups in total. The number of piperidine rings is 1. The molecule has 3 aromatic rings. The van der Waals surface area contributed by atoms with Gasteiger partial charge in [0.15, 0.2) is 0 Å². The number of hydrogen-bond acceptors (Lipinski definition) is 4. The maximum Gasteiger partial charge on any atom is 0.244 e. The first-order valence-electron chi connectivity index (χ1n) is 10.2. The van der Waals surface area contributed by atoms with Crippen molar-refractivity contribution in [1.82, 2.24) is 24.8 Å². The van der Waals surface area contributed by atoms with Crippen LogP contribution in [-0.4, -0.2) is 45.5 Å². The van der Waals surface area contributed by atoms with Crippen molar-refractivity contribution in [3.8, 4) is 0 Å². The summed E-state index contributed by atoms with van der Waals surface area (Å²) < 4.78 is 2.22. The second kappa shape index (κ2) is 11.8. The van der Waals surface area contributed by atoms with Crippen LogP contribution in [0.25, 0.3) is 0 Å². The molecule has 0 spiro atoms. The molecule has 1 aliphatic heterocycles. The number of pyridine rings is 1. The average Bonchev–Trinajstić information content (AvgIpc) is 3.24. The number of likely N-dealkylation sites (N-methyl/N-ethyl adjacent to an activating group) is 1. The molecule has 0 bridgehead atoms.